The minimum Gasteiger partial charge on any atom is -0.497 e. The molecule has 0 aliphatic heterocycles. The molecule has 0 spiro atoms. The smallest absolute Gasteiger partial charge is 0.338 e. The minimum absolute atomic E-state index is 0.256. The molecule has 136 valence electrons. The van der Waals surface area contributed by atoms with Gasteiger partial charge in [-0.2, -0.15) is 0 Å². The van der Waals surface area contributed by atoms with E-state index < -0.39 is 11.9 Å². The molecule has 2 rings (SSSR count). The number of hydrogen-bond donors (Lipinski definition) is 1. The summed E-state index contributed by atoms with van der Waals surface area (Å²) in [6, 6.07) is 8.25. The number of amides is 1. The summed E-state index contributed by atoms with van der Waals surface area (Å²) >= 11 is 0. The van der Waals surface area contributed by atoms with Crippen LogP contribution < -0.4 is 14.8 Å². The van der Waals surface area contributed by atoms with Crippen molar-refractivity contribution in [2.45, 2.75) is 6.92 Å². The number of carbonyl (C=O) groups excluding carboxylic acids is 2. The first-order chi connectivity index (χ1) is 12.6. The lowest BCUT2D eigenvalue weighted by Gasteiger charge is -2.07. The molecule has 0 saturated carbocycles. The van der Waals surface area contributed by atoms with Gasteiger partial charge in [-0.15, -0.1) is 0 Å². The van der Waals surface area contributed by atoms with Crippen LogP contribution in [0.1, 0.15) is 22.8 Å². The molecule has 2 aromatic rings. The third-order valence-corrected chi connectivity index (χ3v) is 3.38. The van der Waals surface area contributed by atoms with E-state index in [-0.39, 0.29) is 12.4 Å². The average molecular weight is 356 g/mol. The number of carbonyl (C=O) groups is 2. The Bertz CT molecular complexity index is 817. The van der Waals surface area contributed by atoms with E-state index in [0.29, 0.717) is 17.1 Å². The molecule has 0 aliphatic rings. The molecule has 0 unspecified atom stereocenters. The van der Waals surface area contributed by atoms with Gasteiger partial charge in [0.05, 0.1) is 26.4 Å². The van der Waals surface area contributed by atoms with Gasteiger partial charge in [0.2, 0.25) is 5.91 Å². The van der Waals surface area contributed by atoms with Crippen LogP contribution in [-0.4, -0.2) is 37.7 Å². The highest BCUT2D eigenvalue weighted by atomic mass is 16.5. The predicted octanol–water partition coefficient (Wildman–Crippen LogP) is 2.93. The van der Waals surface area contributed by atoms with Crippen LogP contribution in [0.15, 0.2) is 42.6 Å². The van der Waals surface area contributed by atoms with E-state index in [2.05, 4.69) is 10.3 Å². The highest BCUT2D eigenvalue weighted by Gasteiger charge is 2.09. The maximum Gasteiger partial charge on any atom is 0.338 e. The van der Waals surface area contributed by atoms with Crippen LogP contribution in [0.4, 0.5) is 5.82 Å². The van der Waals surface area contributed by atoms with E-state index >= 15 is 0 Å². The van der Waals surface area contributed by atoms with Crippen molar-refractivity contribution < 1.29 is 23.8 Å². The Morgan fingerprint density at radius 2 is 1.96 bits per heavy atom. The molecule has 0 fully saturated rings. The second-order valence-corrected chi connectivity index (χ2v) is 5.08. The molecule has 1 N–H and O–H groups in total. The van der Waals surface area contributed by atoms with Crippen molar-refractivity contribution in [1.82, 2.24) is 4.98 Å². The highest BCUT2D eigenvalue weighted by molar-refractivity contribution is 6.02. The lowest BCUT2D eigenvalue weighted by Crippen LogP contribution is -2.11. The van der Waals surface area contributed by atoms with Crippen molar-refractivity contribution in [3.63, 3.8) is 0 Å². The van der Waals surface area contributed by atoms with Crippen molar-refractivity contribution in [1.29, 1.82) is 0 Å². The number of ether oxygens (including phenoxy) is 3. The van der Waals surface area contributed by atoms with Gasteiger partial charge in [-0.05, 0) is 37.3 Å². The number of rotatable bonds is 7. The topological polar surface area (TPSA) is 86.8 Å². The Balaban J connectivity index is 2.08. The van der Waals surface area contributed by atoms with E-state index in [0.717, 1.165) is 5.56 Å². The van der Waals surface area contributed by atoms with E-state index in [1.807, 2.05) is 0 Å². The molecule has 1 amide bonds. The second-order valence-electron chi connectivity index (χ2n) is 5.08. The number of esters is 1. The number of aromatic nitrogens is 1. The number of nitrogens with zero attached hydrogens (tertiary/aromatic N) is 1. The zero-order valence-electron chi connectivity index (χ0n) is 14.8. The lowest BCUT2D eigenvalue weighted by molar-refractivity contribution is -0.111. The second kappa shape index (κ2) is 9.22. The van der Waals surface area contributed by atoms with Crippen LogP contribution in [0.5, 0.6) is 11.5 Å². The Morgan fingerprint density at radius 3 is 2.65 bits per heavy atom. The van der Waals surface area contributed by atoms with Gasteiger partial charge < -0.3 is 19.5 Å². The van der Waals surface area contributed by atoms with Crippen molar-refractivity contribution in [2.75, 3.05) is 26.1 Å². The van der Waals surface area contributed by atoms with Crippen molar-refractivity contribution in [3.05, 3.63) is 53.7 Å². The fourth-order valence-electron chi connectivity index (χ4n) is 2.13. The van der Waals surface area contributed by atoms with Crippen LogP contribution in [-0.2, 0) is 9.53 Å². The van der Waals surface area contributed by atoms with E-state index in [4.69, 9.17) is 14.2 Å². The first-order valence-electron chi connectivity index (χ1n) is 7.91. The number of pyridine rings is 1. The Kier molecular flexibility index (Phi) is 6.73. The van der Waals surface area contributed by atoms with Crippen molar-refractivity contribution >= 4 is 23.8 Å². The van der Waals surface area contributed by atoms with Crippen molar-refractivity contribution in [3.8, 4) is 11.5 Å². The Hall–Kier alpha value is -3.35. The molecule has 0 atom stereocenters. The number of nitrogens with one attached hydrogen (secondary N) is 1. The zero-order valence-corrected chi connectivity index (χ0v) is 14.8. The van der Waals surface area contributed by atoms with E-state index in [9.17, 15) is 9.59 Å². The molecule has 0 radical (unpaired) electrons. The third-order valence-electron chi connectivity index (χ3n) is 3.38. The molecule has 0 saturated heterocycles. The summed E-state index contributed by atoms with van der Waals surface area (Å²) in [6.45, 7) is 2.00. The fourth-order valence-corrected chi connectivity index (χ4v) is 2.13. The number of hydrogen-bond acceptors (Lipinski definition) is 6. The summed E-state index contributed by atoms with van der Waals surface area (Å²) in [6.07, 6.45) is 4.39. The van der Waals surface area contributed by atoms with Crippen LogP contribution in [0, 0.1) is 0 Å². The number of anilines is 1. The van der Waals surface area contributed by atoms with Crippen LogP contribution in [0.25, 0.3) is 6.08 Å². The predicted molar refractivity (Wildman–Crippen MR) is 97.4 cm³/mol. The molecule has 1 aromatic heterocycles. The SMILES string of the molecule is CCOC(=O)c1ccnc(NC(=O)/C=C/c2ccc(OC)cc2OC)c1. The van der Waals surface area contributed by atoms with E-state index in [1.54, 1.807) is 38.3 Å². The number of methoxy groups -OCH3 is 2. The summed E-state index contributed by atoms with van der Waals surface area (Å²) in [4.78, 5) is 27.8. The summed E-state index contributed by atoms with van der Waals surface area (Å²) in [5.74, 6) is 0.631. The monoisotopic (exact) mass is 356 g/mol. The summed E-state index contributed by atoms with van der Waals surface area (Å²) in [5, 5.41) is 2.60. The molecule has 0 aliphatic carbocycles. The molecule has 0 bridgehead atoms. The minimum atomic E-state index is -0.469. The molecule has 1 aromatic carbocycles. The molecular formula is C19H20N2O5. The molecule has 26 heavy (non-hydrogen) atoms. The van der Waals surface area contributed by atoms with Crippen molar-refractivity contribution in [2.24, 2.45) is 0 Å². The normalized spacial score (nSPS) is 10.4. The van der Waals surface area contributed by atoms with E-state index in [1.165, 1.54) is 31.5 Å². The van der Waals surface area contributed by atoms with Crippen LogP contribution in [0.2, 0.25) is 0 Å². The number of benzene rings is 1. The van der Waals surface area contributed by atoms with Gasteiger partial charge in [0.1, 0.15) is 17.3 Å². The van der Waals surface area contributed by atoms with Crippen LogP contribution >= 0.6 is 0 Å². The van der Waals surface area contributed by atoms with Gasteiger partial charge in [-0.25, -0.2) is 9.78 Å². The standard InChI is InChI=1S/C19H20N2O5/c1-4-26-19(23)14-9-10-20-17(11-14)21-18(22)8-6-13-5-7-15(24-2)12-16(13)25-3/h5-12H,4H2,1-3H3,(H,20,21,22)/b8-6+. The van der Waals surface area contributed by atoms with Crippen LogP contribution in [0.3, 0.4) is 0 Å². The van der Waals surface area contributed by atoms with Gasteiger partial charge in [0.25, 0.3) is 0 Å². The first-order valence-corrected chi connectivity index (χ1v) is 7.91. The molecule has 7 nitrogen and oxygen atoms in total. The average Bonchev–Trinajstić information content (AvgIpc) is 2.66. The third kappa shape index (κ3) is 5.07. The maximum absolute atomic E-state index is 12.1. The largest absolute Gasteiger partial charge is 0.497 e. The Labute approximate surface area is 151 Å². The van der Waals surface area contributed by atoms with Gasteiger partial charge in [-0.1, -0.05) is 0 Å². The summed E-state index contributed by atoms with van der Waals surface area (Å²) in [5.41, 5.74) is 1.04. The fraction of sp³-hybridized carbons (Fsp3) is 0.211. The quantitative estimate of drug-likeness (QED) is 0.606. The van der Waals surface area contributed by atoms with Gasteiger partial charge in [0, 0.05) is 23.9 Å². The lowest BCUT2D eigenvalue weighted by atomic mass is 10.1. The first kappa shape index (κ1) is 19.0. The molecule has 7 heteroatoms. The summed E-state index contributed by atoms with van der Waals surface area (Å²) in [7, 11) is 3.10. The van der Waals surface area contributed by atoms with Gasteiger partial charge in [-0.3, -0.25) is 4.79 Å². The zero-order chi connectivity index (χ0) is 18.9. The Morgan fingerprint density at radius 1 is 1.15 bits per heavy atom. The van der Waals surface area contributed by atoms with Gasteiger partial charge in [0.15, 0.2) is 0 Å². The van der Waals surface area contributed by atoms with Gasteiger partial charge >= 0.3 is 5.97 Å². The molecular weight excluding hydrogens is 336 g/mol. The molecule has 1 heterocycles. The summed E-state index contributed by atoms with van der Waals surface area (Å²) < 4.78 is 15.3. The maximum atomic E-state index is 12.1. The highest BCUT2D eigenvalue weighted by Crippen LogP contribution is 2.25.